The van der Waals surface area contributed by atoms with Gasteiger partial charge in [0.15, 0.2) is 0 Å². The van der Waals surface area contributed by atoms with Crippen molar-refractivity contribution < 1.29 is 18.1 Å². The predicted molar refractivity (Wildman–Crippen MR) is 109 cm³/mol. The molecule has 0 bridgehead atoms. The van der Waals surface area contributed by atoms with Gasteiger partial charge in [0, 0.05) is 36.2 Å². The first-order valence-corrected chi connectivity index (χ1v) is 9.84. The van der Waals surface area contributed by atoms with Gasteiger partial charge in [0.05, 0.1) is 17.8 Å². The molecule has 0 radical (unpaired) electrons. The SMILES string of the molecule is Cc1ccc(-c2noc(C3CC(F)(F)C3)n2)cc1NC(=O)c1cnc2cc(C#N)ccn12. The van der Waals surface area contributed by atoms with Gasteiger partial charge < -0.3 is 9.84 Å². The Morgan fingerprint density at radius 1 is 1.31 bits per heavy atom. The smallest absolute Gasteiger partial charge is 0.274 e. The van der Waals surface area contributed by atoms with Crippen LogP contribution in [-0.4, -0.2) is 31.4 Å². The van der Waals surface area contributed by atoms with E-state index in [-0.39, 0.29) is 30.5 Å². The third-order valence-corrected chi connectivity index (χ3v) is 5.50. The molecule has 1 saturated carbocycles. The number of imidazole rings is 1. The van der Waals surface area contributed by atoms with Crippen LogP contribution in [0.1, 0.15) is 46.3 Å². The summed E-state index contributed by atoms with van der Waals surface area (Å²) in [5, 5.41) is 15.8. The van der Waals surface area contributed by atoms with Crippen LogP contribution in [-0.2, 0) is 0 Å². The van der Waals surface area contributed by atoms with Crippen molar-refractivity contribution in [2.75, 3.05) is 5.32 Å². The van der Waals surface area contributed by atoms with E-state index in [0.29, 0.717) is 28.2 Å². The molecule has 0 spiro atoms. The quantitative estimate of drug-likeness (QED) is 0.512. The number of carbonyl (C=O) groups excluding carboxylic acids is 1. The molecule has 0 unspecified atom stereocenters. The summed E-state index contributed by atoms with van der Waals surface area (Å²) in [6.45, 7) is 1.84. The van der Waals surface area contributed by atoms with Crippen molar-refractivity contribution in [2.45, 2.75) is 31.6 Å². The fourth-order valence-corrected chi connectivity index (χ4v) is 3.65. The highest BCUT2D eigenvalue weighted by atomic mass is 19.3. The second-order valence-electron chi connectivity index (χ2n) is 7.80. The molecule has 1 aromatic carbocycles. The average Bonchev–Trinajstić information content (AvgIpc) is 3.40. The third kappa shape index (κ3) is 3.47. The maximum atomic E-state index is 13.1. The monoisotopic (exact) mass is 434 g/mol. The van der Waals surface area contributed by atoms with Gasteiger partial charge in [-0.05, 0) is 30.7 Å². The molecular weight excluding hydrogens is 418 g/mol. The highest BCUT2D eigenvalue weighted by Gasteiger charge is 2.48. The Kier molecular flexibility index (Phi) is 4.48. The Bertz CT molecular complexity index is 1390. The van der Waals surface area contributed by atoms with Crippen molar-refractivity contribution in [3.63, 3.8) is 0 Å². The average molecular weight is 434 g/mol. The molecule has 160 valence electrons. The van der Waals surface area contributed by atoms with E-state index in [1.165, 1.54) is 6.20 Å². The Balaban J connectivity index is 1.38. The van der Waals surface area contributed by atoms with Crippen molar-refractivity contribution in [1.82, 2.24) is 19.5 Å². The minimum Gasteiger partial charge on any atom is -0.339 e. The summed E-state index contributed by atoms with van der Waals surface area (Å²) in [6, 6.07) is 10.5. The number of pyridine rings is 1. The number of hydrogen-bond acceptors (Lipinski definition) is 6. The van der Waals surface area contributed by atoms with Gasteiger partial charge >= 0.3 is 0 Å². The summed E-state index contributed by atoms with van der Waals surface area (Å²) in [5.41, 5.74) is 3.18. The lowest BCUT2D eigenvalue weighted by Gasteiger charge is -2.31. The summed E-state index contributed by atoms with van der Waals surface area (Å²) < 4.78 is 33.0. The van der Waals surface area contributed by atoms with Crippen LogP contribution in [0.3, 0.4) is 0 Å². The first-order chi connectivity index (χ1) is 15.3. The van der Waals surface area contributed by atoms with Gasteiger partial charge in [-0.1, -0.05) is 17.3 Å². The molecule has 1 fully saturated rings. The van der Waals surface area contributed by atoms with Gasteiger partial charge in [-0.15, -0.1) is 0 Å². The van der Waals surface area contributed by atoms with Crippen LogP contribution in [0.5, 0.6) is 0 Å². The second kappa shape index (κ2) is 7.23. The number of halogens is 2. The molecule has 3 aromatic heterocycles. The number of carbonyl (C=O) groups is 1. The minimum atomic E-state index is -2.67. The number of aryl methyl sites for hydroxylation is 1. The van der Waals surface area contributed by atoms with Gasteiger partial charge in [-0.3, -0.25) is 9.20 Å². The fourth-order valence-electron chi connectivity index (χ4n) is 3.65. The van der Waals surface area contributed by atoms with Crippen molar-refractivity contribution in [2.24, 2.45) is 0 Å². The van der Waals surface area contributed by atoms with Crippen LogP contribution in [0.2, 0.25) is 0 Å². The topological polar surface area (TPSA) is 109 Å². The number of benzene rings is 1. The number of nitrogens with one attached hydrogen (secondary N) is 1. The lowest BCUT2D eigenvalue weighted by Crippen LogP contribution is -2.33. The van der Waals surface area contributed by atoms with Crippen LogP contribution < -0.4 is 5.32 Å². The molecule has 0 saturated heterocycles. The first kappa shape index (κ1) is 19.8. The van der Waals surface area contributed by atoms with Crippen LogP contribution in [0, 0.1) is 18.3 Å². The lowest BCUT2D eigenvalue weighted by molar-refractivity contribution is -0.0925. The van der Waals surface area contributed by atoms with Crippen LogP contribution in [0.15, 0.2) is 47.2 Å². The van der Waals surface area contributed by atoms with Gasteiger partial charge in [0.1, 0.15) is 11.3 Å². The van der Waals surface area contributed by atoms with E-state index < -0.39 is 11.8 Å². The number of amides is 1. The van der Waals surface area contributed by atoms with E-state index >= 15 is 0 Å². The zero-order valence-corrected chi connectivity index (χ0v) is 16.8. The number of fused-ring (bicyclic) bond motifs is 1. The maximum Gasteiger partial charge on any atom is 0.274 e. The highest BCUT2D eigenvalue weighted by Crippen LogP contribution is 2.47. The summed E-state index contributed by atoms with van der Waals surface area (Å²) >= 11 is 0. The highest BCUT2D eigenvalue weighted by molar-refractivity contribution is 6.04. The van der Waals surface area contributed by atoms with Crippen molar-refractivity contribution in [1.29, 1.82) is 5.26 Å². The third-order valence-electron chi connectivity index (χ3n) is 5.50. The van der Waals surface area contributed by atoms with Gasteiger partial charge in [0.25, 0.3) is 5.91 Å². The summed E-state index contributed by atoms with van der Waals surface area (Å²) in [5.74, 6) is -3.03. The number of alkyl halides is 2. The Morgan fingerprint density at radius 2 is 2.12 bits per heavy atom. The van der Waals surface area contributed by atoms with Crippen molar-refractivity contribution in [3.05, 3.63) is 65.4 Å². The zero-order valence-electron chi connectivity index (χ0n) is 16.8. The summed E-state index contributed by atoms with van der Waals surface area (Å²) in [4.78, 5) is 21.3. The van der Waals surface area contributed by atoms with Gasteiger partial charge in [-0.2, -0.15) is 10.2 Å². The molecule has 5 rings (SSSR count). The first-order valence-electron chi connectivity index (χ1n) is 9.84. The molecule has 1 aliphatic rings. The van der Waals surface area contributed by atoms with E-state index in [1.807, 2.05) is 13.0 Å². The number of nitrogens with zero attached hydrogens (tertiary/aromatic N) is 5. The van der Waals surface area contributed by atoms with E-state index in [9.17, 15) is 13.6 Å². The number of aromatic nitrogens is 4. The predicted octanol–water partition coefficient (Wildman–Crippen LogP) is 4.33. The molecule has 4 aromatic rings. The summed E-state index contributed by atoms with van der Waals surface area (Å²) in [6.07, 6.45) is 2.47. The fraction of sp³-hybridized carbons (Fsp3) is 0.227. The molecule has 32 heavy (non-hydrogen) atoms. The Hall–Kier alpha value is -4.13. The van der Waals surface area contributed by atoms with E-state index in [1.54, 1.807) is 40.9 Å². The normalized spacial score (nSPS) is 15.3. The van der Waals surface area contributed by atoms with Gasteiger partial charge in [-0.25, -0.2) is 13.8 Å². The molecule has 10 heteroatoms. The van der Waals surface area contributed by atoms with Crippen LogP contribution in [0.25, 0.3) is 17.0 Å². The molecule has 1 aliphatic carbocycles. The van der Waals surface area contributed by atoms with Crippen molar-refractivity contribution in [3.8, 4) is 17.5 Å². The minimum absolute atomic E-state index is 0.194. The van der Waals surface area contributed by atoms with Crippen LogP contribution >= 0.6 is 0 Å². The number of nitriles is 1. The molecule has 1 N–H and O–H groups in total. The van der Waals surface area contributed by atoms with Gasteiger partial charge in [0.2, 0.25) is 17.6 Å². The van der Waals surface area contributed by atoms with E-state index in [2.05, 4.69) is 20.4 Å². The Labute approximate surface area is 180 Å². The zero-order chi connectivity index (χ0) is 22.5. The van der Waals surface area contributed by atoms with E-state index in [0.717, 1.165) is 5.56 Å². The molecular formula is C22H16F2N6O2. The van der Waals surface area contributed by atoms with Crippen molar-refractivity contribution >= 4 is 17.2 Å². The number of hydrogen-bond donors (Lipinski definition) is 1. The molecule has 0 atom stereocenters. The maximum absolute atomic E-state index is 13.1. The largest absolute Gasteiger partial charge is 0.339 e. The molecule has 3 heterocycles. The Morgan fingerprint density at radius 3 is 2.88 bits per heavy atom. The standard InChI is InChI=1S/C22H16F2N6O2/c1-12-2-3-14(19-28-21(32-29-19)15-8-22(23,24)9-15)7-16(12)27-20(31)17-11-26-18-6-13(10-25)4-5-30(17)18/h2-7,11,15H,8-9H2,1H3,(H,27,31). The molecule has 1 amide bonds. The van der Waals surface area contributed by atoms with Crippen LogP contribution in [0.4, 0.5) is 14.5 Å². The molecule has 0 aliphatic heterocycles. The summed E-state index contributed by atoms with van der Waals surface area (Å²) in [7, 11) is 0. The lowest BCUT2D eigenvalue weighted by atomic mass is 9.81. The van der Waals surface area contributed by atoms with E-state index in [4.69, 9.17) is 9.78 Å². The second-order valence-corrected chi connectivity index (χ2v) is 7.80. The number of rotatable bonds is 4. The number of anilines is 1. The molecule has 8 nitrogen and oxygen atoms in total.